The number of rotatable bonds is 4. The molecule has 3 heterocycles. The van der Waals surface area contributed by atoms with Crippen LogP contribution in [0.2, 0.25) is 0 Å². The predicted molar refractivity (Wildman–Crippen MR) is 83.0 cm³/mol. The Balaban J connectivity index is 2.02. The summed E-state index contributed by atoms with van der Waals surface area (Å²) < 4.78 is 17.3. The third-order valence-corrected chi connectivity index (χ3v) is 3.74. The van der Waals surface area contributed by atoms with Crippen molar-refractivity contribution < 1.29 is 19.0 Å². The van der Waals surface area contributed by atoms with E-state index in [0.717, 1.165) is 30.0 Å². The minimum absolute atomic E-state index is 0.270. The number of morpholine rings is 1. The largest absolute Gasteiger partial charge is 0.513 e. The van der Waals surface area contributed by atoms with E-state index in [9.17, 15) is 4.79 Å². The van der Waals surface area contributed by atoms with Crippen LogP contribution in [0.15, 0.2) is 12.5 Å². The third kappa shape index (κ3) is 3.07. The first-order chi connectivity index (χ1) is 11.2. The molecule has 1 saturated heterocycles. The van der Waals surface area contributed by atoms with E-state index < -0.39 is 6.16 Å². The van der Waals surface area contributed by atoms with Gasteiger partial charge >= 0.3 is 6.16 Å². The van der Waals surface area contributed by atoms with E-state index in [0.29, 0.717) is 25.4 Å². The maximum atomic E-state index is 11.6. The fraction of sp³-hybridized carbons (Fsp3) is 0.533. The van der Waals surface area contributed by atoms with Gasteiger partial charge in [0.15, 0.2) is 11.6 Å². The third-order valence-electron chi connectivity index (χ3n) is 3.74. The average molecular weight is 320 g/mol. The molecule has 0 atom stereocenters. The Morgan fingerprint density at radius 3 is 2.83 bits per heavy atom. The SMILES string of the molecule is CCOC(=O)Oc1cn2ncnc(N3CCOCC3)c2c1CC. The van der Waals surface area contributed by atoms with Gasteiger partial charge in [0.2, 0.25) is 0 Å². The van der Waals surface area contributed by atoms with Gasteiger partial charge in [-0.2, -0.15) is 5.10 Å². The van der Waals surface area contributed by atoms with Gasteiger partial charge in [0.1, 0.15) is 11.8 Å². The summed E-state index contributed by atoms with van der Waals surface area (Å²) in [6.07, 6.45) is 3.18. The van der Waals surface area contributed by atoms with Crippen LogP contribution in [-0.2, 0) is 15.9 Å². The van der Waals surface area contributed by atoms with Crippen LogP contribution < -0.4 is 9.64 Å². The molecule has 1 aliphatic rings. The van der Waals surface area contributed by atoms with Crippen LogP contribution >= 0.6 is 0 Å². The quantitative estimate of drug-likeness (QED) is 0.793. The number of carbonyl (C=O) groups excluding carboxylic acids is 1. The summed E-state index contributed by atoms with van der Waals surface area (Å²) in [5, 5.41) is 4.23. The highest BCUT2D eigenvalue weighted by Gasteiger charge is 2.22. The highest BCUT2D eigenvalue weighted by atomic mass is 16.7. The summed E-state index contributed by atoms with van der Waals surface area (Å²) in [4.78, 5) is 18.2. The Kier molecular flexibility index (Phi) is 4.61. The van der Waals surface area contributed by atoms with Crippen LogP contribution in [0.5, 0.6) is 5.75 Å². The van der Waals surface area contributed by atoms with E-state index in [2.05, 4.69) is 15.0 Å². The van der Waals surface area contributed by atoms with Crippen LogP contribution in [0.3, 0.4) is 0 Å². The Labute approximate surface area is 133 Å². The number of aryl methyl sites for hydroxylation is 1. The zero-order chi connectivity index (χ0) is 16.2. The van der Waals surface area contributed by atoms with E-state index in [1.54, 1.807) is 17.6 Å². The first-order valence-electron chi connectivity index (χ1n) is 7.77. The van der Waals surface area contributed by atoms with Crippen LogP contribution in [0.25, 0.3) is 5.52 Å². The maximum absolute atomic E-state index is 11.6. The molecule has 1 fully saturated rings. The van der Waals surface area contributed by atoms with Gasteiger partial charge in [0, 0.05) is 18.7 Å². The second-order valence-electron chi connectivity index (χ2n) is 5.09. The molecule has 8 nitrogen and oxygen atoms in total. The lowest BCUT2D eigenvalue weighted by Crippen LogP contribution is -2.37. The lowest BCUT2D eigenvalue weighted by atomic mass is 10.2. The van der Waals surface area contributed by atoms with Gasteiger partial charge in [0.25, 0.3) is 0 Å². The summed E-state index contributed by atoms with van der Waals surface area (Å²) in [5.74, 6) is 1.29. The molecule has 0 amide bonds. The summed E-state index contributed by atoms with van der Waals surface area (Å²) in [6.45, 7) is 6.90. The minimum Gasteiger partial charge on any atom is -0.434 e. The molecule has 0 aliphatic carbocycles. The fourth-order valence-corrected chi connectivity index (χ4v) is 2.71. The van der Waals surface area contributed by atoms with Crippen LogP contribution in [0.4, 0.5) is 10.6 Å². The monoisotopic (exact) mass is 320 g/mol. The van der Waals surface area contributed by atoms with Gasteiger partial charge < -0.3 is 19.1 Å². The number of hydrogen-bond acceptors (Lipinski definition) is 7. The highest BCUT2D eigenvalue weighted by molar-refractivity contribution is 5.78. The molecule has 0 spiro atoms. The van der Waals surface area contributed by atoms with E-state index in [1.165, 1.54) is 6.33 Å². The molecular formula is C15H20N4O4. The lowest BCUT2D eigenvalue weighted by molar-refractivity contribution is 0.104. The molecule has 1 aliphatic heterocycles. The molecule has 0 aromatic carbocycles. The Bertz CT molecular complexity index is 694. The van der Waals surface area contributed by atoms with Crippen molar-refractivity contribution in [3.8, 4) is 5.75 Å². The second-order valence-corrected chi connectivity index (χ2v) is 5.09. The number of aromatic nitrogens is 3. The topological polar surface area (TPSA) is 78.2 Å². The van der Waals surface area contributed by atoms with Crippen molar-refractivity contribution in [2.45, 2.75) is 20.3 Å². The van der Waals surface area contributed by atoms with Crippen LogP contribution in [0, 0.1) is 0 Å². The second kappa shape index (κ2) is 6.82. The Morgan fingerprint density at radius 2 is 2.13 bits per heavy atom. The van der Waals surface area contributed by atoms with Crippen molar-refractivity contribution in [1.29, 1.82) is 0 Å². The summed E-state index contributed by atoms with van der Waals surface area (Å²) in [5.41, 5.74) is 1.75. The lowest BCUT2D eigenvalue weighted by Gasteiger charge is -2.28. The molecule has 124 valence electrons. The molecule has 0 N–H and O–H groups in total. The molecule has 8 heteroatoms. The van der Waals surface area contributed by atoms with Gasteiger partial charge in [0.05, 0.1) is 26.0 Å². The first kappa shape index (κ1) is 15.5. The van der Waals surface area contributed by atoms with E-state index in [-0.39, 0.29) is 6.61 Å². The number of ether oxygens (including phenoxy) is 3. The van der Waals surface area contributed by atoms with Gasteiger partial charge in [-0.15, -0.1) is 0 Å². The van der Waals surface area contributed by atoms with Gasteiger partial charge in [-0.25, -0.2) is 14.3 Å². The summed E-state index contributed by atoms with van der Waals surface area (Å²) in [7, 11) is 0. The summed E-state index contributed by atoms with van der Waals surface area (Å²) in [6, 6.07) is 0. The van der Waals surface area contributed by atoms with Gasteiger partial charge in [-0.05, 0) is 13.3 Å². The Morgan fingerprint density at radius 1 is 1.35 bits per heavy atom. The number of anilines is 1. The van der Waals surface area contributed by atoms with Crippen molar-refractivity contribution in [1.82, 2.24) is 14.6 Å². The van der Waals surface area contributed by atoms with E-state index in [1.807, 2.05) is 6.92 Å². The predicted octanol–water partition coefficient (Wildman–Crippen LogP) is 1.66. The number of hydrogen-bond donors (Lipinski definition) is 0. The van der Waals surface area contributed by atoms with E-state index >= 15 is 0 Å². The van der Waals surface area contributed by atoms with Crippen LogP contribution in [0.1, 0.15) is 19.4 Å². The smallest absolute Gasteiger partial charge is 0.434 e. The summed E-state index contributed by atoms with van der Waals surface area (Å²) >= 11 is 0. The molecule has 0 bridgehead atoms. The molecular weight excluding hydrogens is 300 g/mol. The van der Waals surface area contributed by atoms with Crippen molar-refractivity contribution in [2.75, 3.05) is 37.8 Å². The molecule has 23 heavy (non-hydrogen) atoms. The van der Waals surface area contributed by atoms with Crippen molar-refractivity contribution in [2.24, 2.45) is 0 Å². The number of carbonyl (C=O) groups is 1. The zero-order valence-corrected chi connectivity index (χ0v) is 13.3. The van der Waals surface area contributed by atoms with Crippen LogP contribution in [-0.4, -0.2) is 53.7 Å². The number of nitrogens with zero attached hydrogens (tertiary/aromatic N) is 4. The van der Waals surface area contributed by atoms with Gasteiger partial charge in [-0.3, -0.25) is 0 Å². The number of fused-ring (bicyclic) bond motifs is 1. The maximum Gasteiger partial charge on any atom is 0.513 e. The van der Waals surface area contributed by atoms with Crippen molar-refractivity contribution in [3.05, 3.63) is 18.1 Å². The zero-order valence-electron chi connectivity index (χ0n) is 13.3. The molecule has 0 radical (unpaired) electrons. The van der Waals surface area contributed by atoms with Crippen molar-refractivity contribution >= 4 is 17.5 Å². The Hall–Kier alpha value is -2.35. The van der Waals surface area contributed by atoms with Gasteiger partial charge in [-0.1, -0.05) is 6.92 Å². The molecule has 0 saturated carbocycles. The standard InChI is InChI=1S/C15H20N4O4/c1-3-11-12(23-15(20)22-4-2)9-19-13(11)14(16-10-17-19)18-5-7-21-8-6-18/h9-10H,3-8H2,1-2H3. The minimum atomic E-state index is -0.709. The molecule has 2 aromatic rings. The van der Waals surface area contributed by atoms with Crippen molar-refractivity contribution in [3.63, 3.8) is 0 Å². The molecule has 0 unspecified atom stereocenters. The first-order valence-corrected chi connectivity index (χ1v) is 7.77. The molecule has 3 rings (SSSR count). The molecule has 2 aromatic heterocycles. The average Bonchev–Trinajstić information content (AvgIpc) is 2.92. The highest BCUT2D eigenvalue weighted by Crippen LogP contribution is 2.31. The fourth-order valence-electron chi connectivity index (χ4n) is 2.71. The van der Waals surface area contributed by atoms with E-state index in [4.69, 9.17) is 14.2 Å². The normalized spacial score (nSPS) is 15.0.